The van der Waals surface area contributed by atoms with Crippen molar-refractivity contribution < 1.29 is 39.3 Å². The van der Waals surface area contributed by atoms with Crippen LogP contribution in [0, 0.1) is 17.1 Å². The summed E-state index contributed by atoms with van der Waals surface area (Å²) >= 11 is 0. The number of halogens is 4. The number of alkyl halides is 3. The minimum Gasteiger partial charge on any atom is -0.401 e. The molecule has 0 aliphatic rings. The average Bonchev–Trinajstić information content (AvgIpc) is 2.93. The monoisotopic (exact) mass is 621 g/mol. The van der Waals surface area contributed by atoms with Gasteiger partial charge in [-0.25, -0.2) is 4.39 Å². The molecule has 0 saturated heterocycles. The van der Waals surface area contributed by atoms with Gasteiger partial charge in [0.25, 0.3) is 0 Å². The number of benzene rings is 3. The molecular formula is C30H31F4NO5SSi. The van der Waals surface area contributed by atoms with Crippen LogP contribution in [-0.4, -0.2) is 43.0 Å². The Morgan fingerprint density at radius 2 is 1.40 bits per heavy atom. The van der Waals surface area contributed by atoms with Crippen molar-refractivity contribution >= 4 is 19.9 Å². The summed E-state index contributed by atoms with van der Waals surface area (Å²) in [5.41, 5.74) is -6.73. The fourth-order valence-electron chi connectivity index (χ4n) is 4.19. The predicted octanol–water partition coefficient (Wildman–Crippen LogP) is 6.87. The largest absolute Gasteiger partial charge is 0.523 e. The lowest BCUT2D eigenvalue weighted by atomic mass is 9.82. The van der Waals surface area contributed by atoms with Crippen LogP contribution in [0.1, 0.15) is 49.8 Å². The Balaban J connectivity index is 2.07. The number of nitrogens with zero attached hydrogens (tertiary/aromatic N) is 1. The SMILES string of the molecule is CC(C)(C)[Si]OC(c1ccccc1)(c1ccccc1)C(COCCC(C#N)c1ccccc1F)OS(=O)(=O)C(F)(F)F. The normalized spacial score (nSPS) is 14.2. The van der Waals surface area contributed by atoms with E-state index in [0.717, 1.165) is 0 Å². The molecule has 2 radical (unpaired) electrons. The summed E-state index contributed by atoms with van der Waals surface area (Å²) in [4.78, 5) is 0. The van der Waals surface area contributed by atoms with E-state index in [-0.39, 0.29) is 28.4 Å². The molecule has 0 aromatic heterocycles. The van der Waals surface area contributed by atoms with Gasteiger partial charge in [0.1, 0.15) is 17.5 Å². The van der Waals surface area contributed by atoms with Crippen molar-refractivity contribution in [1.82, 2.24) is 0 Å². The second kappa shape index (κ2) is 13.9. The Bertz CT molecular complexity index is 1400. The molecule has 0 fully saturated rings. The van der Waals surface area contributed by atoms with Crippen molar-refractivity contribution in [3.63, 3.8) is 0 Å². The lowest BCUT2D eigenvalue weighted by Crippen LogP contribution is -2.51. The second-order valence-corrected chi connectivity index (χ2v) is 13.9. The van der Waals surface area contributed by atoms with E-state index in [1.54, 1.807) is 66.7 Å². The summed E-state index contributed by atoms with van der Waals surface area (Å²) in [6.45, 7) is 4.74. The molecule has 0 heterocycles. The summed E-state index contributed by atoms with van der Waals surface area (Å²) in [7, 11) is -6.42. The van der Waals surface area contributed by atoms with Crippen molar-refractivity contribution in [2.75, 3.05) is 13.2 Å². The van der Waals surface area contributed by atoms with Crippen molar-refractivity contribution in [2.45, 2.75) is 55.4 Å². The zero-order chi connectivity index (χ0) is 31.0. The minimum atomic E-state index is -6.12. The quantitative estimate of drug-likeness (QED) is 0.0681. The lowest BCUT2D eigenvalue weighted by Gasteiger charge is -2.42. The fraction of sp³-hybridized carbons (Fsp3) is 0.367. The first kappa shape index (κ1) is 33.4. The first-order valence-corrected chi connectivity index (χ1v) is 15.3. The molecular weight excluding hydrogens is 590 g/mol. The smallest absolute Gasteiger partial charge is 0.401 e. The van der Waals surface area contributed by atoms with Crippen molar-refractivity contribution in [1.29, 1.82) is 5.26 Å². The van der Waals surface area contributed by atoms with Crippen LogP contribution in [0.2, 0.25) is 5.04 Å². The third kappa shape index (κ3) is 8.26. The van der Waals surface area contributed by atoms with Crippen LogP contribution in [0.15, 0.2) is 84.9 Å². The third-order valence-corrected chi connectivity index (χ3v) is 8.25. The molecule has 0 saturated carbocycles. The molecule has 0 N–H and O–H groups in total. The van der Waals surface area contributed by atoms with Crippen LogP contribution >= 0.6 is 0 Å². The van der Waals surface area contributed by atoms with Gasteiger partial charge in [0.2, 0.25) is 9.76 Å². The van der Waals surface area contributed by atoms with Gasteiger partial charge in [-0.3, -0.25) is 4.18 Å². The van der Waals surface area contributed by atoms with E-state index in [2.05, 4.69) is 0 Å². The minimum absolute atomic E-state index is 0.00948. The van der Waals surface area contributed by atoms with Crippen molar-refractivity contribution in [2.24, 2.45) is 0 Å². The summed E-state index contributed by atoms with van der Waals surface area (Å²) in [5, 5.41) is 9.15. The summed E-state index contributed by atoms with van der Waals surface area (Å²) in [6, 6.07) is 24.2. The Hall–Kier alpha value is -3.08. The maximum Gasteiger partial charge on any atom is 0.523 e. The highest BCUT2D eigenvalue weighted by Crippen LogP contribution is 2.42. The van der Waals surface area contributed by atoms with E-state index >= 15 is 0 Å². The van der Waals surface area contributed by atoms with Crippen LogP contribution in [0.4, 0.5) is 17.6 Å². The molecule has 6 nitrogen and oxygen atoms in total. The number of hydrogen-bond acceptors (Lipinski definition) is 6. The molecule has 0 aliphatic heterocycles. The van der Waals surface area contributed by atoms with E-state index in [0.29, 0.717) is 11.1 Å². The molecule has 2 unspecified atom stereocenters. The maximum atomic E-state index is 14.3. The summed E-state index contributed by atoms with van der Waals surface area (Å²) in [5.74, 6) is -1.48. The van der Waals surface area contributed by atoms with E-state index in [1.165, 1.54) is 18.2 Å². The van der Waals surface area contributed by atoms with Gasteiger partial charge in [0.05, 0.1) is 18.6 Å². The van der Waals surface area contributed by atoms with Gasteiger partial charge in [0.15, 0.2) is 0 Å². The zero-order valence-corrected chi connectivity index (χ0v) is 25.1. The molecule has 3 aromatic rings. The molecule has 3 rings (SSSR count). The molecule has 0 spiro atoms. The van der Waals surface area contributed by atoms with Crippen LogP contribution in [0.25, 0.3) is 0 Å². The first-order chi connectivity index (χ1) is 19.7. The molecule has 3 aromatic carbocycles. The highest BCUT2D eigenvalue weighted by Gasteiger charge is 2.54. The van der Waals surface area contributed by atoms with Crippen LogP contribution < -0.4 is 0 Å². The Kier molecular flexibility index (Phi) is 11.1. The second-order valence-electron chi connectivity index (χ2n) is 10.5. The summed E-state index contributed by atoms with van der Waals surface area (Å²) < 4.78 is 97.3. The van der Waals surface area contributed by atoms with Gasteiger partial charge < -0.3 is 9.16 Å². The van der Waals surface area contributed by atoms with Crippen molar-refractivity contribution in [3.05, 3.63) is 107 Å². The van der Waals surface area contributed by atoms with Gasteiger partial charge in [-0.05, 0) is 28.7 Å². The molecule has 0 bridgehead atoms. The number of rotatable bonds is 13. The molecule has 0 amide bonds. The molecule has 42 heavy (non-hydrogen) atoms. The Labute approximate surface area is 246 Å². The van der Waals surface area contributed by atoms with Gasteiger partial charge in [-0.2, -0.15) is 26.9 Å². The molecule has 2 atom stereocenters. The highest BCUT2D eigenvalue weighted by atomic mass is 32.2. The topological polar surface area (TPSA) is 85.6 Å². The first-order valence-electron chi connectivity index (χ1n) is 13.0. The number of hydrogen-bond donors (Lipinski definition) is 0. The Morgan fingerprint density at radius 1 is 0.881 bits per heavy atom. The molecule has 12 heteroatoms. The number of ether oxygens (including phenoxy) is 1. The standard InChI is InChI=1S/C30H31F4NO5SSi/c1-28(2,3)42-40-29(23-12-6-4-7-13-23,24-14-8-5-9-15-24)27(39-41(36,37)30(32,33)34)21-38-19-18-22(20-35)25-16-10-11-17-26(25)31/h4-17,22,27H,18-19,21H2,1-3H3. The third-order valence-electron chi connectivity index (χ3n) is 6.16. The van der Waals surface area contributed by atoms with Crippen LogP contribution in [0.5, 0.6) is 0 Å². The van der Waals surface area contributed by atoms with Gasteiger partial charge in [0, 0.05) is 12.2 Å². The van der Waals surface area contributed by atoms with Gasteiger partial charge >= 0.3 is 15.6 Å². The maximum absolute atomic E-state index is 14.3. The average molecular weight is 622 g/mol. The highest BCUT2D eigenvalue weighted by molar-refractivity contribution is 7.87. The lowest BCUT2D eigenvalue weighted by molar-refractivity contribution is -0.0874. The van der Waals surface area contributed by atoms with Crippen LogP contribution in [0.3, 0.4) is 0 Å². The van der Waals surface area contributed by atoms with E-state index in [4.69, 9.17) is 13.3 Å². The van der Waals surface area contributed by atoms with Crippen molar-refractivity contribution in [3.8, 4) is 6.07 Å². The van der Waals surface area contributed by atoms with Gasteiger partial charge in [-0.15, -0.1) is 0 Å². The molecule has 0 aliphatic carbocycles. The van der Waals surface area contributed by atoms with Gasteiger partial charge in [-0.1, -0.05) is 99.6 Å². The zero-order valence-electron chi connectivity index (χ0n) is 23.3. The fourth-order valence-corrected chi connectivity index (χ4v) is 5.63. The molecule has 224 valence electrons. The van der Waals surface area contributed by atoms with Crippen LogP contribution in [-0.2, 0) is 29.1 Å². The van der Waals surface area contributed by atoms with E-state index in [1.807, 2.05) is 26.8 Å². The predicted molar refractivity (Wildman–Crippen MR) is 150 cm³/mol. The number of nitriles is 1. The van der Waals surface area contributed by atoms with E-state index < -0.39 is 50.7 Å². The summed E-state index contributed by atoms with van der Waals surface area (Å²) in [6.07, 6.45) is -1.86. The Morgan fingerprint density at radius 3 is 1.88 bits per heavy atom. The van der Waals surface area contributed by atoms with E-state index in [9.17, 15) is 31.2 Å².